The van der Waals surface area contributed by atoms with Gasteiger partial charge in [0, 0.05) is 23.7 Å². The zero-order valence-corrected chi connectivity index (χ0v) is 13.9. The third kappa shape index (κ3) is 5.79. The molecular weight excluding hydrogens is 306 g/mol. The number of hydrogen-bond donors (Lipinski definition) is 3. The summed E-state index contributed by atoms with van der Waals surface area (Å²) in [6.07, 6.45) is 1.10. The molecule has 1 heterocycles. The molecule has 1 aliphatic rings. The molecule has 0 radical (unpaired) electrons. The van der Waals surface area contributed by atoms with Crippen LogP contribution in [0.1, 0.15) is 12.0 Å². The number of anilines is 1. The Labute approximate surface area is 136 Å². The largest absolute Gasteiger partial charge is 0.370 e. The molecule has 3 N–H and O–H groups in total. The third-order valence-corrected chi connectivity index (χ3v) is 4.12. The second-order valence-electron chi connectivity index (χ2n) is 5.31. The van der Waals surface area contributed by atoms with Gasteiger partial charge >= 0.3 is 0 Å². The lowest BCUT2D eigenvalue weighted by Crippen LogP contribution is -3.14. The van der Waals surface area contributed by atoms with Gasteiger partial charge in [-0.3, -0.25) is 0 Å². The van der Waals surface area contributed by atoms with Gasteiger partial charge in [0.05, 0.1) is 19.8 Å². The van der Waals surface area contributed by atoms with E-state index >= 15 is 0 Å². The fraction of sp³-hybridized carbons (Fsp3) is 0.533. The van der Waals surface area contributed by atoms with Crippen molar-refractivity contribution < 1.29 is 9.64 Å². The standard InChI is InChI=1S/C15H22ClN3OS/c1-12-3-4-13(16)11-14(12)18-15(21)17-5-2-6-19-7-9-20-10-8-19/h3-4,11H,2,5-10H2,1H3,(H2,17,18,21)/p+1. The van der Waals surface area contributed by atoms with Crippen LogP contribution >= 0.6 is 23.8 Å². The molecule has 1 aromatic carbocycles. The summed E-state index contributed by atoms with van der Waals surface area (Å²) >= 11 is 11.3. The summed E-state index contributed by atoms with van der Waals surface area (Å²) in [4.78, 5) is 1.62. The summed E-state index contributed by atoms with van der Waals surface area (Å²) in [5.41, 5.74) is 2.08. The van der Waals surface area contributed by atoms with Crippen molar-refractivity contribution in [1.82, 2.24) is 5.32 Å². The lowest BCUT2D eigenvalue weighted by Gasteiger charge is -2.23. The maximum Gasteiger partial charge on any atom is 0.170 e. The van der Waals surface area contributed by atoms with E-state index in [1.165, 1.54) is 0 Å². The highest BCUT2D eigenvalue weighted by molar-refractivity contribution is 7.80. The Morgan fingerprint density at radius 1 is 1.38 bits per heavy atom. The van der Waals surface area contributed by atoms with Crippen LogP contribution < -0.4 is 15.5 Å². The van der Waals surface area contributed by atoms with Crippen molar-refractivity contribution in [3.8, 4) is 0 Å². The molecule has 0 bridgehead atoms. The van der Waals surface area contributed by atoms with Crippen LogP contribution in [0, 0.1) is 6.92 Å². The van der Waals surface area contributed by atoms with Gasteiger partial charge in [-0.25, -0.2) is 0 Å². The maximum absolute atomic E-state index is 6.00. The maximum atomic E-state index is 6.00. The molecule has 1 aromatic rings. The first kappa shape index (κ1) is 16.5. The van der Waals surface area contributed by atoms with E-state index in [1.807, 2.05) is 25.1 Å². The third-order valence-electron chi connectivity index (χ3n) is 3.64. The molecule has 0 saturated carbocycles. The van der Waals surface area contributed by atoms with Gasteiger partial charge in [0.25, 0.3) is 0 Å². The highest BCUT2D eigenvalue weighted by atomic mass is 35.5. The molecule has 21 heavy (non-hydrogen) atoms. The first-order valence-corrected chi connectivity index (χ1v) is 8.16. The number of nitrogens with one attached hydrogen (secondary N) is 3. The van der Waals surface area contributed by atoms with Gasteiger partial charge in [-0.2, -0.15) is 0 Å². The lowest BCUT2D eigenvalue weighted by molar-refractivity contribution is -0.908. The Bertz CT molecular complexity index is 478. The van der Waals surface area contributed by atoms with Gasteiger partial charge in [-0.15, -0.1) is 0 Å². The van der Waals surface area contributed by atoms with Crippen LogP contribution in [0.25, 0.3) is 0 Å². The van der Waals surface area contributed by atoms with Crippen molar-refractivity contribution >= 4 is 34.6 Å². The Hall–Kier alpha value is -0.880. The summed E-state index contributed by atoms with van der Waals surface area (Å²) < 4.78 is 5.35. The molecule has 1 fully saturated rings. The molecule has 0 spiro atoms. The van der Waals surface area contributed by atoms with Crippen molar-refractivity contribution in [2.45, 2.75) is 13.3 Å². The van der Waals surface area contributed by atoms with Gasteiger partial charge in [-0.1, -0.05) is 17.7 Å². The van der Waals surface area contributed by atoms with Crippen molar-refractivity contribution in [3.63, 3.8) is 0 Å². The first-order chi connectivity index (χ1) is 10.1. The van der Waals surface area contributed by atoms with Gasteiger partial charge in [0.15, 0.2) is 5.11 Å². The second kappa shape index (κ2) is 8.54. The number of rotatable bonds is 5. The molecular formula is C15H23ClN3OS+. The summed E-state index contributed by atoms with van der Waals surface area (Å²) in [5.74, 6) is 0. The molecule has 0 unspecified atom stereocenters. The van der Waals surface area contributed by atoms with Crippen molar-refractivity contribution in [2.75, 3.05) is 44.7 Å². The summed E-state index contributed by atoms with van der Waals surface area (Å²) in [5, 5.41) is 7.81. The van der Waals surface area contributed by atoms with Crippen molar-refractivity contribution in [2.24, 2.45) is 0 Å². The molecule has 6 heteroatoms. The molecule has 1 saturated heterocycles. The molecule has 1 aliphatic heterocycles. The van der Waals surface area contributed by atoms with E-state index in [0.717, 1.165) is 57.1 Å². The van der Waals surface area contributed by atoms with E-state index in [0.29, 0.717) is 10.1 Å². The van der Waals surface area contributed by atoms with E-state index in [-0.39, 0.29) is 0 Å². The predicted molar refractivity (Wildman–Crippen MR) is 91.4 cm³/mol. The van der Waals surface area contributed by atoms with Crippen LogP contribution in [-0.4, -0.2) is 44.5 Å². The topological polar surface area (TPSA) is 37.7 Å². The highest BCUT2D eigenvalue weighted by Crippen LogP contribution is 2.19. The SMILES string of the molecule is Cc1ccc(Cl)cc1NC(=S)NCCC[NH+]1CCOCC1. The van der Waals surface area contributed by atoms with E-state index in [2.05, 4.69) is 10.6 Å². The molecule has 0 atom stereocenters. The number of benzene rings is 1. The smallest absolute Gasteiger partial charge is 0.170 e. The minimum Gasteiger partial charge on any atom is -0.370 e. The molecule has 0 aliphatic carbocycles. The van der Waals surface area contributed by atoms with Crippen LogP contribution in [-0.2, 0) is 4.74 Å². The Kier molecular flexibility index (Phi) is 6.70. The molecule has 4 nitrogen and oxygen atoms in total. The zero-order chi connectivity index (χ0) is 15.1. The normalized spacial score (nSPS) is 15.7. The summed E-state index contributed by atoms with van der Waals surface area (Å²) in [6.45, 7) is 8.08. The van der Waals surface area contributed by atoms with E-state index in [1.54, 1.807) is 4.90 Å². The monoisotopic (exact) mass is 328 g/mol. The average molecular weight is 329 g/mol. The average Bonchev–Trinajstić information content (AvgIpc) is 2.48. The van der Waals surface area contributed by atoms with Gasteiger partial charge in [0.2, 0.25) is 0 Å². The number of ether oxygens (including phenoxy) is 1. The van der Waals surface area contributed by atoms with Crippen LogP contribution in [0.3, 0.4) is 0 Å². The number of aryl methyl sites for hydroxylation is 1. The quantitative estimate of drug-likeness (QED) is 0.561. The first-order valence-electron chi connectivity index (χ1n) is 7.37. The van der Waals surface area contributed by atoms with Crippen molar-refractivity contribution in [3.05, 3.63) is 28.8 Å². The van der Waals surface area contributed by atoms with E-state index in [4.69, 9.17) is 28.6 Å². The Morgan fingerprint density at radius 3 is 2.90 bits per heavy atom. The number of thiocarbonyl (C=S) groups is 1. The predicted octanol–water partition coefficient (Wildman–Crippen LogP) is 1.24. The van der Waals surface area contributed by atoms with Crippen LogP contribution in [0.5, 0.6) is 0 Å². The Morgan fingerprint density at radius 2 is 2.14 bits per heavy atom. The van der Waals surface area contributed by atoms with Gasteiger partial charge < -0.3 is 20.3 Å². The number of quaternary nitrogens is 1. The van der Waals surface area contributed by atoms with Crippen LogP contribution in [0.4, 0.5) is 5.69 Å². The Balaban J connectivity index is 1.66. The molecule has 0 amide bonds. The summed E-state index contributed by atoms with van der Waals surface area (Å²) in [6, 6.07) is 5.75. The molecule has 2 rings (SSSR count). The zero-order valence-electron chi connectivity index (χ0n) is 12.4. The number of halogens is 1. The fourth-order valence-electron chi connectivity index (χ4n) is 2.35. The fourth-order valence-corrected chi connectivity index (χ4v) is 2.73. The van der Waals surface area contributed by atoms with Crippen molar-refractivity contribution in [1.29, 1.82) is 0 Å². The minimum atomic E-state index is 0.650. The molecule has 116 valence electrons. The van der Waals surface area contributed by atoms with E-state index in [9.17, 15) is 0 Å². The van der Waals surface area contributed by atoms with E-state index < -0.39 is 0 Å². The van der Waals surface area contributed by atoms with Crippen LogP contribution in [0.2, 0.25) is 5.02 Å². The number of hydrogen-bond acceptors (Lipinski definition) is 2. The number of morpholine rings is 1. The highest BCUT2D eigenvalue weighted by Gasteiger charge is 2.12. The van der Waals surface area contributed by atoms with Gasteiger partial charge in [0.1, 0.15) is 13.1 Å². The minimum absolute atomic E-state index is 0.650. The molecule has 0 aromatic heterocycles. The second-order valence-corrected chi connectivity index (χ2v) is 6.15. The lowest BCUT2D eigenvalue weighted by atomic mass is 10.2. The van der Waals surface area contributed by atoms with Crippen LogP contribution in [0.15, 0.2) is 18.2 Å². The van der Waals surface area contributed by atoms with Gasteiger partial charge in [-0.05, 0) is 36.8 Å². The summed E-state index contributed by atoms with van der Waals surface area (Å²) in [7, 11) is 0.